The number of hydrogen-bond donors (Lipinski definition) is 0. The number of methoxy groups -OCH3 is 2. The summed E-state index contributed by atoms with van der Waals surface area (Å²) < 4.78 is 15.8. The first-order valence-electron chi connectivity index (χ1n) is 12.5. The van der Waals surface area contributed by atoms with Crippen molar-refractivity contribution in [1.82, 2.24) is 9.80 Å². The van der Waals surface area contributed by atoms with Gasteiger partial charge in [-0.2, -0.15) is 0 Å². The molecule has 3 heterocycles. The number of esters is 2. The lowest BCUT2D eigenvalue weighted by Gasteiger charge is -2.37. The number of ether oxygens (including phenoxy) is 3. The Kier molecular flexibility index (Phi) is 8.58. The van der Waals surface area contributed by atoms with E-state index in [1.165, 1.54) is 18.9 Å². The third-order valence-corrected chi connectivity index (χ3v) is 7.73. The number of carbonyl (C=O) groups is 3. The Labute approximate surface area is 221 Å². The highest BCUT2D eigenvalue weighted by Gasteiger charge is 2.42. The second kappa shape index (κ2) is 11.9. The Bertz CT molecular complexity index is 1150. The fraction of sp³-hybridized carbons (Fsp3) is 0.481. The summed E-state index contributed by atoms with van der Waals surface area (Å²) in [5, 5.41) is 2.66. The van der Waals surface area contributed by atoms with E-state index in [0.717, 1.165) is 16.4 Å². The summed E-state index contributed by atoms with van der Waals surface area (Å²) in [6, 6.07) is 7.06. The third-order valence-electron chi connectivity index (χ3n) is 6.84. The summed E-state index contributed by atoms with van der Waals surface area (Å²) in [6.07, 6.45) is 1.91. The molecule has 1 atom stereocenters. The van der Waals surface area contributed by atoms with Crippen molar-refractivity contribution >= 4 is 34.8 Å². The van der Waals surface area contributed by atoms with E-state index >= 15 is 0 Å². The largest absolute Gasteiger partial charge is 0.497 e. The molecule has 10 heteroatoms. The number of amides is 1. The van der Waals surface area contributed by atoms with Crippen molar-refractivity contribution in [2.24, 2.45) is 10.9 Å². The molecule has 0 aliphatic carbocycles. The maximum atomic E-state index is 13.3. The first-order chi connectivity index (χ1) is 17.9. The number of amidine groups is 1. The Balaban J connectivity index is 1.59. The summed E-state index contributed by atoms with van der Waals surface area (Å²) in [4.78, 5) is 47.0. The zero-order valence-electron chi connectivity index (χ0n) is 21.7. The molecule has 0 unspecified atom stereocenters. The minimum atomic E-state index is -0.506. The van der Waals surface area contributed by atoms with Crippen LogP contribution in [0.2, 0.25) is 0 Å². The van der Waals surface area contributed by atoms with Crippen LogP contribution in [0.3, 0.4) is 0 Å². The summed E-state index contributed by atoms with van der Waals surface area (Å²) in [5.74, 6) is -0.153. The highest BCUT2D eigenvalue weighted by molar-refractivity contribution is 8.16. The summed E-state index contributed by atoms with van der Waals surface area (Å²) in [7, 11) is 2.96. The van der Waals surface area contributed by atoms with Crippen molar-refractivity contribution in [2.45, 2.75) is 45.6 Å². The van der Waals surface area contributed by atoms with Crippen molar-refractivity contribution in [3.63, 3.8) is 0 Å². The van der Waals surface area contributed by atoms with Gasteiger partial charge in [-0.05, 0) is 49.3 Å². The highest BCUT2D eigenvalue weighted by Crippen LogP contribution is 2.46. The monoisotopic (exact) mass is 527 g/mol. The number of aliphatic imine (C=N–C) groups is 1. The first-order valence-corrected chi connectivity index (χ1v) is 13.4. The predicted molar refractivity (Wildman–Crippen MR) is 141 cm³/mol. The van der Waals surface area contributed by atoms with E-state index in [4.69, 9.17) is 19.2 Å². The molecule has 198 valence electrons. The van der Waals surface area contributed by atoms with Gasteiger partial charge in [0.1, 0.15) is 5.75 Å². The molecule has 1 amide bonds. The van der Waals surface area contributed by atoms with E-state index in [-0.39, 0.29) is 24.2 Å². The van der Waals surface area contributed by atoms with Crippen LogP contribution in [0.1, 0.15) is 51.1 Å². The number of likely N-dealkylation sites (tertiary alicyclic amines) is 1. The smallest absolute Gasteiger partial charge is 0.338 e. The third kappa shape index (κ3) is 5.53. The van der Waals surface area contributed by atoms with Gasteiger partial charge >= 0.3 is 11.9 Å². The van der Waals surface area contributed by atoms with Crippen molar-refractivity contribution in [3.8, 4) is 5.75 Å². The van der Waals surface area contributed by atoms with Crippen LogP contribution >= 0.6 is 11.8 Å². The van der Waals surface area contributed by atoms with E-state index in [1.54, 1.807) is 18.9 Å². The van der Waals surface area contributed by atoms with Crippen LogP contribution in [0, 0.1) is 5.92 Å². The van der Waals surface area contributed by atoms with Crippen LogP contribution in [0.5, 0.6) is 5.75 Å². The molecule has 0 saturated carbocycles. The minimum Gasteiger partial charge on any atom is -0.497 e. The van der Waals surface area contributed by atoms with Gasteiger partial charge in [-0.3, -0.25) is 9.59 Å². The molecule has 1 fully saturated rings. The molecule has 1 aromatic carbocycles. The zero-order chi connectivity index (χ0) is 26.5. The van der Waals surface area contributed by atoms with E-state index in [0.29, 0.717) is 56.0 Å². The summed E-state index contributed by atoms with van der Waals surface area (Å²) in [5.41, 5.74) is 2.73. The maximum Gasteiger partial charge on any atom is 0.338 e. The lowest BCUT2D eigenvalue weighted by Crippen LogP contribution is -2.42. The number of piperidine rings is 1. The van der Waals surface area contributed by atoms with Gasteiger partial charge in [0.15, 0.2) is 5.17 Å². The molecule has 0 spiro atoms. The van der Waals surface area contributed by atoms with Gasteiger partial charge in [-0.1, -0.05) is 30.8 Å². The van der Waals surface area contributed by atoms with Crippen molar-refractivity contribution in [2.75, 3.05) is 33.9 Å². The van der Waals surface area contributed by atoms with E-state index < -0.39 is 12.0 Å². The minimum absolute atomic E-state index is 0.0234. The fourth-order valence-corrected chi connectivity index (χ4v) is 5.87. The summed E-state index contributed by atoms with van der Waals surface area (Å²) in [6.45, 7) is 5.13. The van der Waals surface area contributed by atoms with Crippen LogP contribution in [0.25, 0.3) is 0 Å². The number of benzene rings is 1. The number of allylic oxidation sites excluding steroid dienone is 1. The van der Waals surface area contributed by atoms with Gasteiger partial charge < -0.3 is 24.0 Å². The predicted octanol–water partition coefficient (Wildman–Crippen LogP) is 4.03. The van der Waals surface area contributed by atoms with Crippen LogP contribution < -0.4 is 4.74 Å². The molecular formula is C27H33N3O6S. The zero-order valence-corrected chi connectivity index (χ0v) is 22.5. The molecule has 1 saturated heterocycles. The van der Waals surface area contributed by atoms with Crippen LogP contribution in [0.4, 0.5) is 0 Å². The highest BCUT2D eigenvalue weighted by atomic mass is 32.2. The normalized spacial score (nSPS) is 19.7. The molecule has 37 heavy (non-hydrogen) atoms. The molecule has 4 rings (SSSR count). The lowest BCUT2D eigenvalue weighted by molar-refractivity contribution is -0.151. The van der Waals surface area contributed by atoms with Crippen LogP contribution in [-0.4, -0.2) is 66.7 Å². The molecule has 0 N–H and O–H groups in total. The molecule has 0 bridgehead atoms. The van der Waals surface area contributed by atoms with Crippen molar-refractivity contribution in [3.05, 3.63) is 52.2 Å². The maximum absolute atomic E-state index is 13.3. The topological polar surface area (TPSA) is 97.7 Å². The number of carbonyl (C=O) groups excluding carboxylic acids is 3. The molecule has 0 radical (unpaired) electrons. The van der Waals surface area contributed by atoms with Gasteiger partial charge in [-0.25, -0.2) is 9.79 Å². The average Bonchev–Trinajstić information content (AvgIpc) is 3.33. The van der Waals surface area contributed by atoms with Crippen LogP contribution in [0.15, 0.2) is 51.6 Å². The Hall–Kier alpha value is -3.27. The van der Waals surface area contributed by atoms with Gasteiger partial charge in [0.25, 0.3) is 0 Å². The number of rotatable bonds is 8. The molecule has 3 aliphatic heterocycles. The lowest BCUT2D eigenvalue weighted by atomic mass is 9.92. The second-order valence-corrected chi connectivity index (χ2v) is 9.80. The molecule has 9 nitrogen and oxygen atoms in total. The van der Waals surface area contributed by atoms with Gasteiger partial charge in [0, 0.05) is 18.8 Å². The Morgan fingerprint density at radius 2 is 1.89 bits per heavy atom. The van der Waals surface area contributed by atoms with E-state index in [2.05, 4.69) is 0 Å². The van der Waals surface area contributed by atoms with Crippen LogP contribution in [-0.2, 0) is 23.9 Å². The number of nitrogens with zero attached hydrogens (tertiary/aromatic N) is 3. The van der Waals surface area contributed by atoms with Gasteiger partial charge in [0.2, 0.25) is 5.91 Å². The SMILES string of the molecule is CCOC(=O)C1CCN(C(=O)CC2=CSC3=NC(CC)=C(C(=O)OC)[C@@H](c4cccc(OC)c4)N23)CC1. The van der Waals surface area contributed by atoms with Gasteiger partial charge in [-0.15, -0.1) is 0 Å². The number of hydrogen-bond acceptors (Lipinski definition) is 9. The summed E-state index contributed by atoms with van der Waals surface area (Å²) >= 11 is 1.45. The quantitative estimate of drug-likeness (QED) is 0.468. The molecule has 1 aromatic rings. The average molecular weight is 528 g/mol. The second-order valence-electron chi connectivity index (χ2n) is 8.96. The molecular weight excluding hydrogens is 494 g/mol. The standard InChI is InChI=1S/C27H33N3O6S/c1-5-21-23(26(33)35-4)24(18-8-7-9-20(14-18)34-3)30-19(16-37-27(30)28-21)15-22(31)29-12-10-17(11-13-29)25(32)36-6-2/h7-9,14,16-17,24H,5-6,10-13,15H2,1-4H3/t24-/m1/s1. The Morgan fingerprint density at radius 3 is 2.54 bits per heavy atom. The van der Waals surface area contributed by atoms with Crippen molar-refractivity contribution in [1.29, 1.82) is 0 Å². The van der Waals surface area contributed by atoms with E-state index in [9.17, 15) is 14.4 Å². The first kappa shape index (κ1) is 26.8. The van der Waals surface area contributed by atoms with Crippen molar-refractivity contribution < 1.29 is 28.6 Å². The van der Waals surface area contributed by atoms with E-state index in [1.807, 2.05) is 41.5 Å². The number of thioether (sulfide) groups is 1. The molecule has 3 aliphatic rings. The fourth-order valence-electron chi connectivity index (χ4n) is 4.93. The Morgan fingerprint density at radius 1 is 1.14 bits per heavy atom. The molecule has 0 aromatic heterocycles. The van der Waals surface area contributed by atoms with Gasteiger partial charge in [0.05, 0.1) is 50.5 Å². The number of fused-ring (bicyclic) bond motifs is 1.